The van der Waals surface area contributed by atoms with Crippen LogP contribution < -0.4 is 0 Å². The summed E-state index contributed by atoms with van der Waals surface area (Å²) < 4.78 is 14.0. The molecule has 94 valence electrons. The molecule has 0 aromatic heterocycles. The minimum Gasteiger partial charge on any atom is -0.388 e. The van der Waals surface area contributed by atoms with Crippen molar-refractivity contribution in [1.82, 2.24) is 0 Å². The molecule has 1 aliphatic carbocycles. The molecule has 1 N–H and O–H groups in total. The zero-order valence-electron chi connectivity index (χ0n) is 10.00. The van der Waals surface area contributed by atoms with Crippen LogP contribution in [0.3, 0.4) is 0 Å². The van der Waals surface area contributed by atoms with Gasteiger partial charge in [-0.1, -0.05) is 35.7 Å². The van der Waals surface area contributed by atoms with Crippen LogP contribution in [-0.2, 0) is 0 Å². The van der Waals surface area contributed by atoms with E-state index in [-0.39, 0.29) is 11.7 Å². The van der Waals surface area contributed by atoms with E-state index in [4.69, 9.17) is 0 Å². The van der Waals surface area contributed by atoms with Crippen LogP contribution in [-0.4, -0.2) is 5.11 Å². The van der Waals surface area contributed by atoms with Gasteiger partial charge in [0.2, 0.25) is 0 Å². The number of aliphatic hydroxyl groups is 1. The van der Waals surface area contributed by atoms with E-state index >= 15 is 0 Å². The first kappa shape index (κ1) is 13.0. The maximum Gasteiger partial charge on any atom is 0.124 e. The van der Waals surface area contributed by atoms with Crippen molar-refractivity contribution in [2.75, 3.05) is 0 Å². The zero-order chi connectivity index (χ0) is 12.4. The molecule has 17 heavy (non-hydrogen) atoms. The van der Waals surface area contributed by atoms with Gasteiger partial charge in [-0.3, -0.25) is 0 Å². The van der Waals surface area contributed by atoms with Crippen molar-refractivity contribution in [2.24, 2.45) is 11.8 Å². The van der Waals surface area contributed by atoms with Gasteiger partial charge in [0.05, 0.1) is 6.10 Å². The van der Waals surface area contributed by atoms with Crippen molar-refractivity contribution in [2.45, 2.75) is 38.7 Å². The Hall–Kier alpha value is -0.410. The van der Waals surface area contributed by atoms with Crippen LogP contribution in [0.5, 0.6) is 0 Å². The maximum absolute atomic E-state index is 13.3. The van der Waals surface area contributed by atoms with Gasteiger partial charge in [0.15, 0.2) is 0 Å². The standard InChI is InChI=1S/C14H18BrFO/c1-9-2-4-10(5-3-9)14(17)11-6-12(15)8-13(16)7-11/h6-10,14,17H,2-5H2,1H3. The Bertz CT molecular complexity index is 366. The van der Waals surface area contributed by atoms with E-state index in [2.05, 4.69) is 22.9 Å². The van der Waals surface area contributed by atoms with Crippen LogP contribution in [0.15, 0.2) is 22.7 Å². The monoisotopic (exact) mass is 300 g/mol. The summed E-state index contributed by atoms with van der Waals surface area (Å²) in [6.45, 7) is 2.25. The Morgan fingerprint density at radius 1 is 1.24 bits per heavy atom. The second-order valence-electron chi connectivity index (χ2n) is 5.17. The van der Waals surface area contributed by atoms with Gasteiger partial charge in [0.1, 0.15) is 5.82 Å². The second kappa shape index (κ2) is 5.49. The summed E-state index contributed by atoms with van der Waals surface area (Å²) in [7, 11) is 0. The third kappa shape index (κ3) is 3.29. The average Bonchev–Trinajstić information content (AvgIpc) is 2.28. The van der Waals surface area contributed by atoms with E-state index < -0.39 is 6.10 Å². The third-order valence-electron chi connectivity index (χ3n) is 3.73. The first-order valence-corrected chi connectivity index (χ1v) is 6.99. The van der Waals surface area contributed by atoms with E-state index in [0.29, 0.717) is 10.0 Å². The van der Waals surface area contributed by atoms with Gasteiger partial charge in [-0.25, -0.2) is 4.39 Å². The topological polar surface area (TPSA) is 20.2 Å². The predicted molar refractivity (Wildman–Crippen MR) is 70.2 cm³/mol. The zero-order valence-corrected chi connectivity index (χ0v) is 11.6. The van der Waals surface area contributed by atoms with E-state index in [0.717, 1.165) is 31.6 Å². The molecule has 0 spiro atoms. The lowest BCUT2D eigenvalue weighted by Crippen LogP contribution is -2.19. The van der Waals surface area contributed by atoms with Crippen LogP contribution in [0.4, 0.5) is 4.39 Å². The number of hydrogen-bond donors (Lipinski definition) is 1. The molecule has 1 fully saturated rings. The molecule has 2 rings (SSSR count). The Labute approximate surface area is 110 Å². The average molecular weight is 301 g/mol. The quantitative estimate of drug-likeness (QED) is 0.855. The lowest BCUT2D eigenvalue weighted by atomic mass is 9.78. The summed E-state index contributed by atoms with van der Waals surface area (Å²) in [5.41, 5.74) is 0.691. The fraction of sp³-hybridized carbons (Fsp3) is 0.571. The van der Waals surface area contributed by atoms with Gasteiger partial charge in [-0.2, -0.15) is 0 Å². The fourth-order valence-electron chi connectivity index (χ4n) is 2.62. The van der Waals surface area contributed by atoms with Gasteiger partial charge < -0.3 is 5.11 Å². The van der Waals surface area contributed by atoms with Crippen molar-refractivity contribution in [3.8, 4) is 0 Å². The molecule has 0 radical (unpaired) electrons. The number of benzene rings is 1. The molecule has 0 bridgehead atoms. The fourth-order valence-corrected chi connectivity index (χ4v) is 3.10. The minimum atomic E-state index is -0.533. The number of rotatable bonds is 2. The minimum absolute atomic E-state index is 0.278. The van der Waals surface area contributed by atoms with Crippen LogP contribution in [0.25, 0.3) is 0 Å². The van der Waals surface area contributed by atoms with Crippen molar-refractivity contribution in [3.05, 3.63) is 34.1 Å². The summed E-state index contributed by atoms with van der Waals surface area (Å²) in [6, 6.07) is 4.67. The molecule has 1 unspecified atom stereocenters. The molecule has 1 aromatic rings. The van der Waals surface area contributed by atoms with E-state index in [1.165, 1.54) is 12.1 Å². The molecule has 0 saturated heterocycles. The van der Waals surface area contributed by atoms with Crippen LogP contribution in [0.2, 0.25) is 0 Å². The first-order valence-electron chi connectivity index (χ1n) is 6.20. The van der Waals surface area contributed by atoms with Crippen LogP contribution in [0, 0.1) is 17.7 Å². The van der Waals surface area contributed by atoms with E-state index in [1.807, 2.05) is 6.07 Å². The molecule has 0 amide bonds. The number of halogens is 2. The highest BCUT2D eigenvalue weighted by Gasteiger charge is 2.26. The lowest BCUT2D eigenvalue weighted by molar-refractivity contribution is 0.0752. The Morgan fingerprint density at radius 2 is 1.88 bits per heavy atom. The Morgan fingerprint density at radius 3 is 2.47 bits per heavy atom. The molecule has 1 aliphatic rings. The van der Waals surface area contributed by atoms with Crippen molar-refractivity contribution in [3.63, 3.8) is 0 Å². The Kier molecular flexibility index (Phi) is 4.21. The van der Waals surface area contributed by atoms with Crippen LogP contribution >= 0.6 is 15.9 Å². The summed E-state index contributed by atoms with van der Waals surface area (Å²) in [5.74, 6) is 0.746. The highest BCUT2D eigenvalue weighted by atomic mass is 79.9. The largest absolute Gasteiger partial charge is 0.388 e. The van der Waals surface area contributed by atoms with Gasteiger partial charge in [-0.05, 0) is 48.4 Å². The molecule has 1 atom stereocenters. The van der Waals surface area contributed by atoms with Gasteiger partial charge in [0, 0.05) is 4.47 Å². The molecule has 1 aromatic carbocycles. The summed E-state index contributed by atoms with van der Waals surface area (Å²) >= 11 is 3.26. The molecule has 3 heteroatoms. The summed E-state index contributed by atoms with van der Waals surface area (Å²) in [4.78, 5) is 0. The van der Waals surface area contributed by atoms with Crippen molar-refractivity contribution >= 4 is 15.9 Å². The van der Waals surface area contributed by atoms with Crippen molar-refractivity contribution < 1.29 is 9.50 Å². The van der Waals surface area contributed by atoms with Crippen LogP contribution in [0.1, 0.15) is 44.3 Å². The van der Waals surface area contributed by atoms with Gasteiger partial charge in [-0.15, -0.1) is 0 Å². The highest BCUT2D eigenvalue weighted by molar-refractivity contribution is 9.10. The SMILES string of the molecule is CC1CCC(C(O)c2cc(F)cc(Br)c2)CC1. The highest BCUT2D eigenvalue weighted by Crippen LogP contribution is 2.37. The third-order valence-corrected chi connectivity index (χ3v) is 4.19. The maximum atomic E-state index is 13.3. The summed E-state index contributed by atoms with van der Waals surface area (Å²) in [5, 5.41) is 10.3. The molecular formula is C14H18BrFO. The Balaban J connectivity index is 2.10. The number of hydrogen-bond acceptors (Lipinski definition) is 1. The molecule has 0 aliphatic heterocycles. The lowest BCUT2D eigenvalue weighted by Gasteiger charge is -2.30. The molecule has 1 saturated carbocycles. The molecule has 0 heterocycles. The molecule has 1 nitrogen and oxygen atoms in total. The molecular weight excluding hydrogens is 283 g/mol. The smallest absolute Gasteiger partial charge is 0.124 e. The second-order valence-corrected chi connectivity index (χ2v) is 6.08. The number of aliphatic hydroxyl groups excluding tert-OH is 1. The normalized spacial score (nSPS) is 26.8. The first-order chi connectivity index (χ1) is 8.06. The van der Waals surface area contributed by atoms with Gasteiger partial charge >= 0.3 is 0 Å². The van der Waals surface area contributed by atoms with Crippen molar-refractivity contribution in [1.29, 1.82) is 0 Å². The van der Waals surface area contributed by atoms with E-state index in [1.54, 1.807) is 0 Å². The predicted octanol–water partition coefficient (Wildman–Crippen LogP) is 4.45. The van der Waals surface area contributed by atoms with Gasteiger partial charge in [0.25, 0.3) is 0 Å². The summed E-state index contributed by atoms with van der Waals surface area (Å²) in [6.07, 6.45) is 3.87. The van der Waals surface area contributed by atoms with E-state index in [9.17, 15) is 9.50 Å².